The largest absolute Gasteiger partial charge is 1.00 e. The van der Waals surface area contributed by atoms with E-state index in [1.807, 2.05) is 0 Å². The highest BCUT2D eigenvalue weighted by Gasteiger charge is 2.50. The molecule has 0 aromatic carbocycles. The van der Waals surface area contributed by atoms with Gasteiger partial charge >= 0.3 is 8.80 Å². The minimum atomic E-state index is -2.66. The van der Waals surface area contributed by atoms with Gasteiger partial charge in [0.15, 0.2) is 5.67 Å². The number of rotatable bonds is 9. The minimum Gasteiger partial charge on any atom is -1.00 e. The summed E-state index contributed by atoms with van der Waals surface area (Å²) in [6, 6.07) is 0. The van der Waals surface area contributed by atoms with E-state index >= 15 is 0 Å². The number of aromatic nitrogens is 2. The molecule has 1 unspecified atom stereocenters. The number of imidazole rings is 1. The molecular formula is C13H27ClN2O3Si. The average Bonchev–Trinajstić information content (AvgIpc) is 2.91. The zero-order valence-corrected chi connectivity index (χ0v) is 14.9. The molecule has 1 aromatic rings. The Kier molecular flexibility index (Phi) is 9.33. The van der Waals surface area contributed by atoms with Crippen LogP contribution in [0.3, 0.4) is 0 Å². The Bertz CT molecular complexity index is 364. The van der Waals surface area contributed by atoms with E-state index in [1.54, 1.807) is 21.3 Å². The van der Waals surface area contributed by atoms with Crippen LogP contribution in [0.2, 0.25) is 0 Å². The van der Waals surface area contributed by atoms with E-state index in [2.05, 4.69) is 41.7 Å². The van der Waals surface area contributed by atoms with Crippen LogP contribution in [-0.2, 0) is 19.8 Å². The molecule has 20 heavy (non-hydrogen) atoms. The van der Waals surface area contributed by atoms with E-state index in [0.717, 1.165) is 13.0 Å². The Morgan fingerprint density at radius 3 is 2.20 bits per heavy atom. The molecule has 1 rings (SSSR count). The number of hydrogen-bond acceptors (Lipinski definition) is 3. The van der Waals surface area contributed by atoms with Gasteiger partial charge in [-0.3, -0.25) is 0 Å². The second-order valence-corrected chi connectivity index (χ2v) is 7.69. The smallest absolute Gasteiger partial charge is 0.547 e. The van der Waals surface area contributed by atoms with Crippen LogP contribution in [-0.4, -0.2) is 34.7 Å². The Labute approximate surface area is 129 Å². The highest BCUT2D eigenvalue weighted by Crippen LogP contribution is 2.21. The molecule has 0 fully saturated rings. The van der Waals surface area contributed by atoms with E-state index in [-0.39, 0.29) is 18.1 Å². The van der Waals surface area contributed by atoms with E-state index in [0.29, 0.717) is 0 Å². The van der Waals surface area contributed by atoms with Crippen molar-refractivity contribution >= 4 is 8.80 Å². The maximum absolute atomic E-state index is 5.60. The molecule has 0 saturated heterocycles. The van der Waals surface area contributed by atoms with Gasteiger partial charge in [0, 0.05) is 21.3 Å². The van der Waals surface area contributed by atoms with Gasteiger partial charge < -0.3 is 25.7 Å². The summed E-state index contributed by atoms with van der Waals surface area (Å²) in [4.78, 5) is 0. The predicted octanol–water partition coefficient (Wildman–Crippen LogP) is -1.05. The lowest BCUT2D eigenvalue weighted by Crippen LogP contribution is -3.00. The summed E-state index contributed by atoms with van der Waals surface area (Å²) in [5, 5.41) is 0. The van der Waals surface area contributed by atoms with Gasteiger partial charge in [0.2, 0.25) is 6.33 Å². The fraction of sp³-hybridized carbons (Fsp3) is 0.769. The molecule has 0 aliphatic rings. The summed E-state index contributed by atoms with van der Waals surface area (Å²) in [5.41, 5.74) is 0.107. The van der Waals surface area contributed by atoms with Crippen LogP contribution in [0.4, 0.5) is 0 Å². The molecule has 7 heteroatoms. The van der Waals surface area contributed by atoms with Crippen molar-refractivity contribution in [3.63, 3.8) is 0 Å². The van der Waals surface area contributed by atoms with Crippen molar-refractivity contribution in [2.24, 2.45) is 0 Å². The molecule has 1 atom stereocenters. The van der Waals surface area contributed by atoms with Crippen LogP contribution in [0.5, 0.6) is 0 Å². The highest BCUT2D eigenvalue weighted by atomic mass is 35.5. The maximum atomic E-state index is 5.60. The number of nitrogens with zero attached hydrogens (tertiary/aromatic N) is 2. The first kappa shape index (κ1) is 19.6. The number of halogens is 1. The van der Waals surface area contributed by atoms with Crippen LogP contribution in [0.15, 0.2) is 18.7 Å². The third-order valence-corrected chi connectivity index (χ3v) is 6.72. The number of aryl methyl sites for hydroxylation is 1. The molecule has 1 heterocycles. The third kappa shape index (κ3) is 4.29. The fourth-order valence-corrected chi connectivity index (χ4v) is 4.70. The minimum absolute atomic E-state index is 0. The highest BCUT2D eigenvalue weighted by molar-refractivity contribution is 6.60. The second kappa shape index (κ2) is 9.52. The van der Waals surface area contributed by atoms with Crippen LogP contribution in [0.1, 0.15) is 38.8 Å². The van der Waals surface area contributed by atoms with Gasteiger partial charge in [-0.05, 0) is 12.8 Å². The van der Waals surface area contributed by atoms with Gasteiger partial charge in [-0.25, -0.2) is 9.13 Å². The molecule has 0 radical (unpaired) electrons. The van der Waals surface area contributed by atoms with E-state index in [9.17, 15) is 0 Å². The topological polar surface area (TPSA) is 36.5 Å². The van der Waals surface area contributed by atoms with Crippen LogP contribution in [0, 0.1) is 0 Å². The van der Waals surface area contributed by atoms with Gasteiger partial charge in [-0.1, -0.05) is 20.3 Å². The molecule has 0 spiro atoms. The fourth-order valence-electron chi connectivity index (χ4n) is 2.37. The lowest BCUT2D eigenvalue weighted by Gasteiger charge is -2.29. The van der Waals surface area contributed by atoms with Crippen LogP contribution in [0.25, 0.3) is 0 Å². The van der Waals surface area contributed by atoms with Gasteiger partial charge in [-0.2, -0.15) is 0 Å². The zero-order valence-electron chi connectivity index (χ0n) is 13.1. The maximum Gasteiger partial charge on any atom is 0.547 e. The van der Waals surface area contributed by atoms with Crippen molar-refractivity contribution in [1.29, 1.82) is 0 Å². The molecular weight excluding hydrogens is 296 g/mol. The quantitative estimate of drug-likeness (QED) is 0.430. The third-order valence-electron chi connectivity index (χ3n) is 3.49. The molecule has 0 aliphatic carbocycles. The van der Waals surface area contributed by atoms with Crippen LogP contribution < -0.4 is 17.0 Å². The standard InChI is InChI=1S/C13H27N2O3Si.ClH/c1-6-8-9-14-10-11-15(12-14)13(7-2)19(16-3,17-4)18-5;/h10-13H,6-9H2,1-5H3;1H/q+1;/p-1. The van der Waals surface area contributed by atoms with E-state index in [4.69, 9.17) is 13.3 Å². The van der Waals surface area contributed by atoms with Crippen molar-refractivity contribution in [3.05, 3.63) is 18.7 Å². The summed E-state index contributed by atoms with van der Waals surface area (Å²) in [7, 11) is 2.33. The van der Waals surface area contributed by atoms with E-state index < -0.39 is 8.80 Å². The second-order valence-electron chi connectivity index (χ2n) is 4.59. The molecule has 118 valence electrons. The Balaban J connectivity index is 0.00000361. The molecule has 0 amide bonds. The lowest BCUT2D eigenvalue weighted by atomic mass is 10.3. The monoisotopic (exact) mass is 322 g/mol. The Morgan fingerprint density at radius 1 is 1.15 bits per heavy atom. The predicted molar refractivity (Wildman–Crippen MR) is 75.6 cm³/mol. The van der Waals surface area contributed by atoms with Crippen molar-refractivity contribution in [3.8, 4) is 0 Å². The molecule has 0 saturated carbocycles. The Hall–Kier alpha value is -0.403. The van der Waals surface area contributed by atoms with Crippen molar-refractivity contribution < 1.29 is 30.3 Å². The van der Waals surface area contributed by atoms with Gasteiger partial charge in [-0.15, -0.1) is 0 Å². The van der Waals surface area contributed by atoms with Crippen LogP contribution >= 0.6 is 0 Å². The summed E-state index contributed by atoms with van der Waals surface area (Å²) in [6.07, 6.45) is 9.57. The number of unbranched alkanes of at least 4 members (excludes halogenated alkanes) is 1. The van der Waals surface area contributed by atoms with Crippen molar-refractivity contribution in [1.82, 2.24) is 4.57 Å². The van der Waals surface area contributed by atoms with E-state index in [1.165, 1.54) is 12.8 Å². The zero-order chi connectivity index (χ0) is 14.3. The Morgan fingerprint density at radius 2 is 1.75 bits per heavy atom. The summed E-state index contributed by atoms with van der Waals surface area (Å²) in [6.45, 7) is 5.37. The number of hydrogen-bond donors (Lipinski definition) is 0. The molecule has 5 nitrogen and oxygen atoms in total. The SMILES string of the molecule is CCCCn1cc[n+](C(CC)[Si](OC)(OC)OC)c1.[Cl-]. The normalized spacial score (nSPS) is 13.1. The first-order valence-corrected chi connectivity index (χ1v) is 8.69. The lowest BCUT2D eigenvalue weighted by molar-refractivity contribution is -0.710. The van der Waals surface area contributed by atoms with Gasteiger partial charge in [0.05, 0.1) is 6.54 Å². The van der Waals surface area contributed by atoms with Crippen molar-refractivity contribution in [2.75, 3.05) is 21.3 Å². The molecule has 0 aliphatic heterocycles. The summed E-state index contributed by atoms with van der Waals surface area (Å²) < 4.78 is 21.1. The average molecular weight is 323 g/mol. The first-order valence-electron chi connectivity index (χ1n) is 6.89. The first-order chi connectivity index (χ1) is 9.17. The molecule has 1 aromatic heterocycles. The summed E-state index contributed by atoms with van der Waals surface area (Å²) in [5.74, 6) is 0. The molecule has 0 bridgehead atoms. The van der Waals surface area contributed by atoms with Gasteiger partial charge in [0.1, 0.15) is 12.4 Å². The van der Waals surface area contributed by atoms with Gasteiger partial charge in [0.25, 0.3) is 0 Å². The summed E-state index contributed by atoms with van der Waals surface area (Å²) >= 11 is 0. The molecule has 0 N–H and O–H groups in total. The van der Waals surface area contributed by atoms with Crippen molar-refractivity contribution in [2.45, 2.75) is 45.3 Å².